The Morgan fingerprint density at radius 3 is 2.35 bits per heavy atom. The number of nitrogens with zero attached hydrogens (tertiary/aromatic N) is 5. The molecule has 1 fully saturated rings. The predicted octanol–water partition coefficient (Wildman–Crippen LogP) is 3.20. The van der Waals surface area contributed by atoms with Crippen molar-refractivity contribution in [2.24, 2.45) is 0 Å². The van der Waals surface area contributed by atoms with Crippen molar-refractivity contribution >= 4 is 23.5 Å². The molecule has 1 aromatic heterocycles. The third-order valence-corrected chi connectivity index (χ3v) is 5.12. The summed E-state index contributed by atoms with van der Waals surface area (Å²) >= 11 is 6.30. The second kappa shape index (κ2) is 7.37. The van der Waals surface area contributed by atoms with Crippen LogP contribution in [0, 0.1) is 0 Å². The van der Waals surface area contributed by atoms with Crippen LogP contribution in [0.15, 0.2) is 24.3 Å². The summed E-state index contributed by atoms with van der Waals surface area (Å²) in [5.41, 5.74) is -0.110. The highest BCUT2D eigenvalue weighted by Gasteiger charge is 2.36. The molecule has 0 bridgehead atoms. The third-order valence-electron chi connectivity index (χ3n) is 4.79. The largest absolute Gasteiger partial charge is 0.385 e. The van der Waals surface area contributed by atoms with E-state index in [1.54, 1.807) is 0 Å². The minimum Gasteiger partial charge on any atom is -0.385 e. The normalized spacial score (nSPS) is 16.8. The van der Waals surface area contributed by atoms with Crippen molar-refractivity contribution in [3.05, 3.63) is 40.7 Å². The molecule has 1 aliphatic heterocycles. The molecular formula is C19H26ClN5O. The van der Waals surface area contributed by atoms with Crippen LogP contribution in [-0.2, 0) is 5.60 Å². The number of halogens is 1. The zero-order chi connectivity index (χ0) is 18.9. The number of aromatic nitrogens is 3. The molecule has 3 rings (SSSR count). The summed E-state index contributed by atoms with van der Waals surface area (Å²) in [5.74, 6) is 2.34. The van der Waals surface area contributed by atoms with E-state index in [-0.39, 0.29) is 5.92 Å². The number of aliphatic hydroxyl groups is 1. The van der Waals surface area contributed by atoms with Gasteiger partial charge in [0.15, 0.2) is 0 Å². The summed E-state index contributed by atoms with van der Waals surface area (Å²) in [4.78, 5) is 17.8. The molecule has 0 atom stereocenters. The van der Waals surface area contributed by atoms with Gasteiger partial charge in [-0.05, 0) is 18.9 Å². The van der Waals surface area contributed by atoms with Crippen LogP contribution in [0.4, 0.5) is 11.9 Å². The van der Waals surface area contributed by atoms with Gasteiger partial charge in [0.2, 0.25) is 11.9 Å². The second-order valence-corrected chi connectivity index (χ2v) is 7.75. The lowest BCUT2D eigenvalue weighted by molar-refractivity contribution is 0.0116. The molecule has 0 unspecified atom stereocenters. The van der Waals surface area contributed by atoms with Gasteiger partial charge in [-0.1, -0.05) is 43.6 Å². The van der Waals surface area contributed by atoms with Crippen molar-refractivity contribution in [3.63, 3.8) is 0 Å². The Morgan fingerprint density at radius 2 is 1.77 bits per heavy atom. The van der Waals surface area contributed by atoms with Crippen LogP contribution < -0.4 is 9.80 Å². The zero-order valence-electron chi connectivity index (χ0n) is 15.8. The predicted molar refractivity (Wildman–Crippen MR) is 105 cm³/mol. The Hall–Kier alpha value is -1.92. The smallest absolute Gasteiger partial charge is 0.230 e. The lowest BCUT2D eigenvalue weighted by Gasteiger charge is -2.39. The fourth-order valence-corrected chi connectivity index (χ4v) is 3.47. The monoisotopic (exact) mass is 375 g/mol. The van der Waals surface area contributed by atoms with Crippen molar-refractivity contribution in [1.82, 2.24) is 15.0 Å². The average molecular weight is 376 g/mol. The molecule has 0 radical (unpaired) electrons. The van der Waals surface area contributed by atoms with Crippen molar-refractivity contribution in [2.45, 2.75) is 38.2 Å². The molecule has 0 amide bonds. The van der Waals surface area contributed by atoms with Gasteiger partial charge in [0, 0.05) is 43.7 Å². The molecular weight excluding hydrogens is 350 g/mol. The summed E-state index contributed by atoms with van der Waals surface area (Å²) in [6.45, 7) is 5.47. The van der Waals surface area contributed by atoms with E-state index in [4.69, 9.17) is 11.6 Å². The minimum atomic E-state index is -0.910. The summed E-state index contributed by atoms with van der Waals surface area (Å²) in [6.07, 6.45) is 1.16. The fraction of sp³-hybridized carbons (Fsp3) is 0.526. The fourth-order valence-electron chi connectivity index (χ4n) is 3.15. The maximum absolute atomic E-state index is 11.1. The van der Waals surface area contributed by atoms with Gasteiger partial charge < -0.3 is 14.9 Å². The molecule has 0 spiro atoms. The highest BCUT2D eigenvalue weighted by Crippen LogP contribution is 2.37. The van der Waals surface area contributed by atoms with Gasteiger partial charge in [0.05, 0.1) is 5.60 Å². The van der Waals surface area contributed by atoms with Crippen LogP contribution in [0.25, 0.3) is 0 Å². The first kappa shape index (κ1) is 18.9. The van der Waals surface area contributed by atoms with E-state index >= 15 is 0 Å². The number of hydrogen-bond acceptors (Lipinski definition) is 6. The number of benzene rings is 1. The maximum Gasteiger partial charge on any atom is 0.230 e. The lowest BCUT2D eigenvalue weighted by Crippen LogP contribution is -2.43. The maximum atomic E-state index is 11.1. The Labute approximate surface area is 159 Å². The number of anilines is 2. The topological polar surface area (TPSA) is 65.4 Å². The lowest BCUT2D eigenvalue weighted by atomic mass is 9.84. The summed E-state index contributed by atoms with van der Waals surface area (Å²) < 4.78 is 0. The van der Waals surface area contributed by atoms with Crippen molar-refractivity contribution < 1.29 is 5.11 Å². The molecule has 2 heterocycles. The number of rotatable bonds is 4. The average Bonchev–Trinajstić information content (AvgIpc) is 2.62. The van der Waals surface area contributed by atoms with Gasteiger partial charge in [-0.25, -0.2) is 0 Å². The number of piperidine rings is 1. The van der Waals surface area contributed by atoms with E-state index in [0.29, 0.717) is 42.9 Å². The first-order chi connectivity index (χ1) is 12.3. The molecule has 26 heavy (non-hydrogen) atoms. The van der Waals surface area contributed by atoms with Gasteiger partial charge in [0.25, 0.3) is 0 Å². The van der Waals surface area contributed by atoms with Crippen LogP contribution in [0.1, 0.15) is 44.0 Å². The standard InChI is InChI=1S/C19H26ClN5O/c1-13(2)16-21-17(24(3)4)23-18(22-16)25-11-9-19(26,10-12-25)14-7-5-6-8-15(14)20/h5-8,13,26H,9-12H2,1-4H3. The molecule has 1 aliphatic rings. The van der Waals surface area contributed by atoms with Crippen LogP contribution in [0.3, 0.4) is 0 Å². The first-order valence-electron chi connectivity index (χ1n) is 8.96. The Morgan fingerprint density at radius 1 is 1.12 bits per heavy atom. The van der Waals surface area contributed by atoms with Gasteiger partial charge in [-0.15, -0.1) is 0 Å². The van der Waals surface area contributed by atoms with Crippen LogP contribution in [0.2, 0.25) is 5.02 Å². The second-order valence-electron chi connectivity index (χ2n) is 7.34. The minimum absolute atomic E-state index is 0.222. The van der Waals surface area contributed by atoms with E-state index in [0.717, 1.165) is 11.4 Å². The first-order valence-corrected chi connectivity index (χ1v) is 9.33. The van der Waals surface area contributed by atoms with Crippen LogP contribution in [-0.4, -0.2) is 47.2 Å². The Bertz CT molecular complexity index is 746. The Balaban J connectivity index is 1.83. The molecule has 0 saturated carbocycles. The van der Waals surface area contributed by atoms with Crippen molar-refractivity contribution in [1.29, 1.82) is 0 Å². The molecule has 0 aliphatic carbocycles. The molecule has 2 aromatic rings. The van der Waals surface area contributed by atoms with Crippen LogP contribution >= 0.6 is 11.6 Å². The van der Waals surface area contributed by atoms with Gasteiger partial charge in [0.1, 0.15) is 5.82 Å². The highest BCUT2D eigenvalue weighted by atomic mass is 35.5. The van der Waals surface area contributed by atoms with E-state index in [2.05, 4.69) is 33.7 Å². The van der Waals surface area contributed by atoms with Gasteiger partial charge in [-0.2, -0.15) is 15.0 Å². The van der Waals surface area contributed by atoms with E-state index in [1.165, 1.54) is 0 Å². The van der Waals surface area contributed by atoms with E-state index < -0.39 is 5.60 Å². The van der Waals surface area contributed by atoms with Gasteiger partial charge in [-0.3, -0.25) is 0 Å². The summed E-state index contributed by atoms with van der Waals surface area (Å²) in [5, 5.41) is 11.7. The molecule has 6 nitrogen and oxygen atoms in total. The molecule has 1 N–H and O–H groups in total. The molecule has 140 valence electrons. The molecule has 7 heteroatoms. The summed E-state index contributed by atoms with van der Waals surface area (Å²) in [7, 11) is 3.85. The van der Waals surface area contributed by atoms with E-state index in [1.807, 2.05) is 43.3 Å². The van der Waals surface area contributed by atoms with Crippen molar-refractivity contribution in [3.8, 4) is 0 Å². The van der Waals surface area contributed by atoms with Gasteiger partial charge >= 0.3 is 0 Å². The third kappa shape index (κ3) is 3.76. The summed E-state index contributed by atoms with van der Waals surface area (Å²) in [6, 6.07) is 7.52. The molecule has 1 saturated heterocycles. The van der Waals surface area contributed by atoms with E-state index in [9.17, 15) is 5.11 Å². The van der Waals surface area contributed by atoms with Crippen molar-refractivity contribution in [2.75, 3.05) is 37.0 Å². The Kier molecular flexibility index (Phi) is 5.34. The molecule has 1 aromatic carbocycles. The van der Waals surface area contributed by atoms with Crippen LogP contribution in [0.5, 0.6) is 0 Å². The quantitative estimate of drug-likeness (QED) is 0.885. The SMILES string of the molecule is CC(C)c1nc(N(C)C)nc(N2CCC(O)(c3ccccc3Cl)CC2)n1. The number of hydrogen-bond donors (Lipinski definition) is 1. The zero-order valence-corrected chi connectivity index (χ0v) is 16.5. The highest BCUT2D eigenvalue weighted by molar-refractivity contribution is 6.31.